The van der Waals surface area contributed by atoms with Crippen LogP contribution in [0.25, 0.3) is 0 Å². The summed E-state index contributed by atoms with van der Waals surface area (Å²) in [6.07, 6.45) is 4.79. The van der Waals surface area contributed by atoms with Crippen LogP contribution in [-0.2, 0) is 9.53 Å². The molecule has 2 heterocycles. The summed E-state index contributed by atoms with van der Waals surface area (Å²) in [5, 5.41) is 0. The van der Waals surface area contributed by atoms with E-state index in [-0.39, 0.29) is 18.1 Å². The van der Waals surface area contributed by atoms with E-state index in [1.165, 1.54) is 0 Å². The molecule has 1 aromatic heterocycles. The molecule has 0 aliphatic carbocycles. The number of amides is 1. The number of hydrogen-bond acceptors (Lipinski definition) is 2. The summed E-state index contributed by atoms with van der Waals surface area (Å²) in [5.41, 5.74) is 1.14. The van der Waals surface area contributed by atoms with Gasteiger partial charge in [-0.15, -0.1) is 0 Å². The Bertz CT molecular complexity index is 637. The van der Waals surface area contributed by atoms with E-state index in [2.05, 4.69) is 26.0 Å². The molecule has 128 valence electrons. The maximum Gasteiger partial charge on any atom is 0.245 e. The number of benzene rings is 1. The van der Waals surface area contributed by atoms with Crippen molar-refractivity contribution in [2.75, 3.05) is 19.7 Å². The molecule has 0 unspecified atom stereocenters. The molecule has 1 amide bonds. The largest absolute Gasteiger partial charge is 0.370 e. The minimum atomic E-state index is -0.130. The standard InChI is InChI=1S/C20H26N2O2/c1-16(2)14-18(21-10-6-7-11-21)20(23)22-12-13-24-19(15-22)17-8-4-3-5-9-17/h3-11,16,18-19H,12-15H2,1-2H3/t18-,19-/m1/s1. The number of nitrogens with zero attached hydrogens (tertiary/aromatic N) is 2. The van der Waals surface area contributed by atoms with Crippen LogP contribution in [0.3, 0.4) is 0 Å². The second-order valence-corrected chi connectivity index (χ2v) is 6.83. The lowest BCUT2D eigenvalue weighted by Crippen LogP contribution is -2.45. The average molecular weight is 326 g/mol. The summed E-state index contributed by atoms with van der Waals surface area (Å²) in [5.74, 6) is 0.663. The quantitative estimate of drug-likeness (QED) is 0.840. The van der Waals surface area contributed by atoms with Gasteiger partial charge in [0.1, 0.15) is 12.1 Å². The van der Waals surface area contributed by atoms with Crippen molar-refractivity contribution in [2.45, 2.75) is 32.4 Å². The first kappa shape index (κ1) is 16.8. The van der Waals surface area contributed by atoms with Gasteiger partial charge in [0.15, 0.2) is 0 Å². The van der Waals surface area contributed by atoms with Crippen molar-refractivity contribution in [3.05, 3.63) is 60.4 Å². The molecule has 1 saturated heterocycles. The Morgan fingerprint density at radius 2 is 1.88 bits per heavy atom. The summed E-state index contributed by atoms with van der Waals surface area (Å²) >= 11 is 0. The van der Waals surface area contributed by atoms with E-state index >= 15 is 0 Å². The maximum absolute atomic E-state index is 13.2. The number of hydrogen-bond donors (Lipinski definition) is 0. The van der Waals surface area contributed by atoms with Crippen molar-refractivity contribution in [3.63, 3.8) is 0 Å². The molecule has 0 saturated carbocycles. The van der Waals surface area contributed by atoms with Gasteiger partial charge >= 0.3 is 0 Å². The van der Waals surface area contributed by atoms with Crippen LogP contribution in [0.4, 0.5) is 0 Å². The average Bonchev–Trinajstić information content (AvgIpc) is 3.14. The van der Waals surface area contributed by atoms with Crippen LogP contribution < -0.4 is 0 Å². The van der Waals surface area contributed by atoms with Crippen molar-refractivity contribution in [3.8, 4) is 0 Å². The second kappa shape index (κ2) is 7.67. The van der Waals surface area contributed by atoms with Crippen LogP contribution in [0, 0.1) is 5.92 Å². The molecule has 0 N–H and O–H groups in total. The van der Waals surface area contributed by atoms with E-state index < -0.39 is 0 Å². The molecule has 0 radical (unpaired) electrons. The topological polar surface area (TPSA) is 34.5 Å². The minimum absolute atomic E-state index is 0.0340. The highest BCUT2D eigenvalue weighted by Crippen LogP contribution is 2.26. The molecular weight excluding hydrogens is 300 g/mol. The third-order valence-corrected chi connectivity index (χ3v) is 4.52. The highest BCUT2D eigenvalue weighted by atomic mass is 16.5. The molecule has 1 aliphatic rings. The number of carbonyl (C=O) groups excluding carboxylic acids is 1. The Labute approximate surface area is 144 Å². The van der Waals surface area contributed by atoms with Crippen molar-refractivity contribution in [1.29, 1.82) is 0 Å². The van der Waals surface area contributed by atoms with Gasteiger partial charge in [-0.1, -0.05) is 44.2 Å². The third kappa shape index (κ3) is 3.88. The highest BCUT2D eigenvalue weighted by molar-refractivity contribution is 5.80. The van der Waals surface area contributed by atoms with Crippen LogP contribution >= 0.6 is 0 Å². The lowest BCUT2D eigenvalue weighted by molar-refractivity contribution is -0.143. The van der Waals surface area contributed by atoms with Gasteiger partial charge < -0.3 is 14.2 Å². The first-order valence-electron chi connectivity index (χ1n) is 8.73. The molecule has 0 bridgehead atoms. The summed E-state index contributed by atoms with van der Waals surface area (Å²) in [6.45, 7) is 6.20. The Balaban J connectivity index is 1.74. The van der Waals surface area contributed by atoms with E-state index in [9.17, 15) is 4.79 Å². The van der Waals surface area contributed by atoms with E-state index in [1.807, 2.05) is 52.2 Å². The van der Waals surface area contributed by atoms with Gasteiger partial charge in [0, 0.05) is 18.9 Å². The minimum Gasteiger partial charge on any atom is -0.370 e. The van der Waals surface area contributed by atoms with Crippen LogP contribution in [-0.4, -0.2) is 35.1 Å². The number of carbonyl (C=O) groups is 1. The molecule has 0 spiro atoms. The molecule has 2 atom stereocenters. The van der Waals surface area contributed by atoms with Gasteiger partial charge in [0.05, 0.1) is 13.2 Å². The predicted octanol–water partition coefficient (Wildman–Crippen LogP) is 3.68. The number of rotatable bonds is 5. The van der Waals surface area contributed by atoms with Gasteiger partial charge in [-0.3, -0.25) is 4.79 Å². The van der Waals surface area contributed by atoms with Crippen LogP contribution in [0.5, 0.6) is 0 Å². The zero-order valence-corrected chi connectivity index (χ0v) is 14.5. The van der Waals surface area contributed by atoms with Gasteiger partial charge in [-0.05, 0) is 30.0 Å². The number of aromatic nitrogens is 1. The normalized spacial score (nSPS) is 19.5. The lowest BCUT2D eigenvalue weighted by Gasteiger charge is -2.36. The first-order valence-corrected chi connectivity index (χ1v) is 8.73. The molecule has 1 aromatic carbocycles. The fourth-order valence-corrected chi connectivity index (χ4v) is 3.28. The summed E-state index contributed by atoms with van der Waals surface area (Å²) in [6, 6.07) is 14.0. The molecule has 24 heavy (non-hydrogen) atoms. The lowest BCUT2D eigenvalue weighted by atomic mass is 10.0. The second-order valence-electron chi connectivity index (χ2n) is 6.83. The SMILES string of the molecule is CC(C)C[C@H](C(=O)N1CCO[C@@H](c2ccccc2)C1)n1cccc1. The summed E-state index contributed by atoms with van der Waals surface area (Å²) in [4.78, 5) is 15.1. The zero-order valence-electron chi connectivity index (χ0n) is 14.5. The van der Waals surface area contributed by atoms with Gasteiger partial charge in [0.2, 0.25) is 5.91 Å². The van der Waals surface area contributed by atoms with Crippen molar-refractivity contribution < 1.29 is 9.53 Å². The fourth-order valence-electron chi connectivity index (χ4n) is 3.28. The van der Waals surface area contributed by atoms with Crippen molar-refractivity contribution >= 4 is 5.91 Å². The first-order chi connectivity index (χ1) is 11.6. The van der Waals surface area contributed by atoms with Crippen LogP contribution in [0.1, 0.15) is 38.0 Å². The van der Waals surface area contributed by atoms with Crippen molar-refractivity contribution in [2.24, 2.45) is 5.92 Å². The van der Waals surface area contributed by atoms with Crippen LogP contribution in [0.15, 0.2) is 54.9 Å². The van der Waals surface area contributed by atoms with Gasteiger partial charge in [-0.25, -0.2) is 0 Å². The Kier molecular flexibility index (Phi) is 5.36. The third-order valence-electron chi connectivity index (χ3n) is 4.52. The zero-order chi connectivity index (χ0) is 16.9. The molecule has 2 aromatic rings. The fraction of sp³-hybridized carbons (Fsp3) is 0.450. The van der Waals surface area contributed by atoms with E-state index in [0.29, 0.717) is 25.6 Å². The smallest absolute Gasteiger partial charge is 0.245 e. The maximum atomic E-state index is 13.2. The van der Waals surface area contributed by atoms with Gasteiger partial charge in [-0.2, -0.15) is 0 Å². The molecule has 1 fully saturated rings. The van der Waals surface area contributed by atoms with E-state index in [0.717, 1.165) is 12.0 Å². The van der Waals surface area contributed by atoms with Gasteiger partial charge in [0.25, 0.3) is 0 Å². The Morgan fingerprint density at radius 1 is 1.17 bits per heavy atom. The number of ether oxygens (including phenoxy) is 1. The summed E-state index contributed by atoms with van der Waals surface area (Å²) in [7, 11) is 0. The molecular formula is C20H26N2O2. The van der Waals surface area contributed by atoms with E-state index in [4.69, 9.17) is 4.74 Å². The Hall–Kier alpha value is -2.07. The summed E-state index contributed by atoms with van der Waals surface area (Å²) < 4.78 is 7.93. The van der Waals surface area contributed by atoms with Crippen molar-refractivity contribution in [1.82, 2.24) is 9.47 Å². The number of morpholine rings is 1. The Morgan fingerprint density at radius 3 is 2.54 bits per heavy atom. The van der Waals surface area contributed by atoms with E-state index in [1.54, 1.807) is 0 Å². The predicted molar refractivity (Wildman–Crippen MR) is 94.6 cm³/mol. The molecule has 4 nitrogen and oxygen atoms in total. The molecule has 3 rings (SSSR count). The molecule has 4 heteroatoms. The monoisotopic (exact) mass is 326 g/mol. The van der Waals surface area contributed by atoms with Crippen LogP contribution in [0.2, 0.25) is 0 Å². The highest BCUT2D eigenvalue weighted by Gasteiger charge is 2.31. The molecule has 1 aliphatic heterocycles.